The normalized spacial score (nSPS) is 14.3. The Balaban J connectivity index is 3.90. The number of rotatable bonds is 31. The molecule has 2 atom stereocenters. The predicted octanol–water partition coefficient (Wildman–Crippen LogP) is 7.23. The molecule has 0 bridgehead atoms. The topological polar surface area (TPSA) is 94.1 Å². The van der Waals surface area contributed by atoms with E-state index in [0.717, 1.165) is 12.8 Å². The van der Waals surface area contributed by atoms with Crippen molar-refractivity contribution in [2.75, 3.05) is 60.7 Å². The molecule has 0 aliphatic heterocycles. The van der Waals surface area contributed by atoms with Gasteiger partial charge in [-0.2, -0.15) is 0 Å². The highest BCUT2D eigenvalue weighted by Gasteiger charge is 2.18. The van der Waals surface area contributed by atoms with Crippen molar-refractivity contribution in [1.29, 1.82) is 0 Å². The van der Waals surface area contributed by atoms with Crippen LogP contribution in [0.4, 0.5) is 0 Å². The molecule has 0 saturated carbocycles. The molecular formula is C31H64NO7P. The van der Waals surface area contributed by atoms with E-state index in [0.29, 0.717) is 37.1 Å². The van der Waals surface area contributed by atoms with Crippen molar-refractivity contribution in [2.45, 2.75) is 136 Å². The number of likely N-dealkylation sites (N-methyl/N-ethyl adjacent to an activating group) is 1. The van der Waals surface area contributed by atoms with Crippen LogP contribution in [0.2, 0.25) is 0 Å². The van der Waals surface area contributed by atoms with Gasteiger partial charge in [-0.15, -0.1) is 0 Å². The van der Waals surface area contributed by atoms with Crippen molar-refractivity contribution in [1.82, 2.24) is 0 Å². The van der Waals surface area contributed by atoms with Gasteiger partial charge in [0.2, 0.25) is 0 Å². The Bertz CT molecular complexity index is 627. The highest BCUT2D eigenvalue weighted by Crippen LogP contribution is 2.38. The number of carbonyl (C=O) groups is 1. The smallest absolute Gasteiger partial charge is 0.268 e. The van der Waals surface area contributed by atoms with Crippen LogP contribution < -0.4 is 4.89 Å². The summed E-state index contributed by atoms with van der Waals surface area (Å²) >= 11 is 0. The molecule has 8 nitrogen and oxygen atoms in total. The molecule has 0 spiro atoms. The number of unbranched alkanes of at least 4 members (excludes halogenated alkanes) is 15. The minimum absolute atomic E-state index is 0.0597. The molecule has 0 aliphatic carbocycles. The summed E-state index contributed by atoms with van der Waals surface area (Å²) < 4.78 is 34.3. The number of nitrogens with zero attached hydrogens (tertiary/aromatic N) is 1. The fourth-order valence-electron chi connectivity index (χ4n) is 4.32. The molecule has 0 aliphatic rings. The second kappa shape index (κ2) is 26.3. The summed E-state index contributed by atoms with van der Waals surface area (Å²) in [5.74, 6) is 0.103. The summed E-state index contributed by atoms with van der Waals surface area (Å²) in [6.45, 7) is 5.47. The zero-order valence-electron chi connectivity index (χ0n) is 26.8. The molecule has 9 heteroatoms. The largest absolute Gasteiger partial charge is 0.756 e. The van der Waals surface area contributed by atoms with Crippen molar-refractivity contribution < 1.29 is 37.3 Å². The molecule has 0 fully saturated rings. The first-order valence-electron chi connectivity index (χ1n) is 16.1. The second-order valence-electron chi connectivity index (χ2n) is 12.3. The van der Waals surface area contributed by atoms with E-state index in [1.54, 1.807) is 6.92 Å². The van der Waals surface area contributed by atoms with Crippen molar-refractivity contribution in [3.05, 3.63) is 0 Å². The van der Waals surface area contributed by atoms with Crippen LogP contribution in [0.15, 0.2) is 0 Å². The summed E-state index contributed by atoms with van der Waals surface area (Å²) in [4.78, 5) is 23.3. The quantitative estimate of drug-likeness (QED) is 0.0476. The summed E-state index contributed by atoms with van der Waals surface area (Å²) in [5.41, 5.74) is 0. The molecule has 0 heterocycles. The van der Waals surface area contributed by atoms with Crippen molar-refractivity contribution in [2.24, 2.45) is 0 Å². The van der Waals surface area contributed by atoms with Crippen LogP contribution in [-0.2, 0) is 27.9 Å². The third-order valence-corrected chi connectivity index (χ3v) is 7.87. The van der Waals surface area contributed by atoms with Gasteiger partial charge in [0.1, 0.15) is 25.0 Å². The Hall–Kier alpha value is -0.340. The first-order valence-corrected chi connectivity index (χ1v) is 17.6. The maximum absolute atomic E-state index is 12.1. The van der Waals surface area contributed by atoms with Crippen LogP contribution in [0.5, 0.6) is 0 Å². The van der Waals surface area contributed by atoms with E-state index >= 15 is 0 Å². The monoisotopic (exact) mass is 593 g/mol. The lowest BCUT2D eigenvalue weighted by molar-refractivity contribution is -0.870. The molecular weight excluding hydrogens is 529 g/mol. The van der Waals surface area contributed by atoms with Gasteiger partial charge in [0.05, 0.1) is 34.4 Å². The summed E-state index contributed by atoms with van der Waals surface area (Å²) in [5, 5.41) is 0. The molecule has 0 N–H and O–H groups in total. The number of phosphoric acid groups is 1. The number of ketones is 1. The maximum atomic E-state index is 12.1. The minimum Gasteiger partial charge on any atom is -0.756 e. The van der Waals surface area contributed by atoms with Crippen LogP contribution in [0.25, 0.3) is 0 Å². The number of hydrogen-bond acceptors (Lipinski definition) is 7. The van der Waals surface area contributed by atoms with Gasteiger partial charge in [-0.05, 0) is 19.8 Å². The molecule has 240 valence electrons. The summed E-state index contributed by atoms with van der Waals surface area (Å²) in [6, 6.07) is 0. The lowest BCUT2D eigenvalue weighted by Crippen LogP contribution is -2.37. The third-order valence-electron chi connectivity index (χ3n) is 6.90. The highest BCUT2D eigenvalue weighted by atomic mass is 31.2. The number of phosphoric ester groups is 1. The number of carbonyl (C=O) groups excluding carboxylic acids is 1. The number of Topliss-reactive ketones (excluding diaryl/α,β-unsaturated/α-hetero) is 1. The third kappa shape index (κ3) is 30.6. The molecule has 0 aromatic rings. The summed E-state index contributed by atoms with van der Waals surface area (Å²) in [6.07, 6.45) is 21.7. The van der Waals surface area contributed by atoms with E-state index in [1.165, 1.54) is 89.9 Å². The van der Waals surface area contributed by atoms with Gasteiger partial charge in [0.25, 0.3) is 7.82 Å². The Kier molecular flexibility index (Phi) is 26.1. The van der Waals surface area contributed by atoms with Gasteiger partial charge < -0.3 is 32.7 Å². The van der Waals surface area contributed by atoms with E-state index in [4.69, 9.17) is 18.5 Å². The van der Waals surface area contributed by atoms with Crippen LogP contribution in [0, 0.1) is 0 Å². The maximum Gasteiger partial charge on any atom is 0.268 e. The van der Waals surface area contributed by atoms with Gasteiger partial charge in [-0.3, -0.25) is 4.57 Å². The number of ether oxygens (including phenoxy) is 2. The zero-order chi connectivity index (χ0) is 30.0. The molecule has 1 unspecified atom stereocenters. The van der Waals surface area contributed by atoms with Crippen molar-refractivity contribution >= 4 is 13.6 Å². The van der Waals surface area contributed by atoms with Gasteiger partial charge in [-0.25, -0.2) is 0 Å². The number of quaternary nitrogens is 1. The fourth-order valence-corrected chi connectivity index (χ4v) is 5.05. The Morgan fingerprint density at radius 2 is 1.20 bits per heavy atom. The van der Waals surface area contributed by atoms with E-state index in [2.05, 4.69) is 6.92 Å². The first-order chi connectivity index (χ1) is 19.1. The SMILES string of the molecule is CCCCCCCCCCCCCCCCCCOC[C@H](COP(=O)([O-])OCC[N+](C)(C)C)OCCCC(C)=O. The van der Waals surface area contributed by atoms with E-state index in [9.17, 15) is 14.3 Å². The minimum atomic E-state index is -4.42. The molecule has 0 aromatic heterocycles. The van der Waals surface area contributed by atoms with Crippen molar-refractivity contribution in [3.8, 4) is 0 Å². The first kappa shape index (κ1) is 39.7. The van der Waals surface area contributed by atoms with Gasteiger partial charge in [-0.1, -0.05) is 103 Å². The van der Waals surface area contributed by atoms with Gasteiger partial charge in [0.15, 0.2) is 0 Å². The van der Waals surface area contributed by atoms with Crippen LogP contribution in [0.3, 0.4) is 0 Å². The molecule has 0 radical (unpaired) electrons. The lowest BCUT2D eigenvalue weighted by Gasteiger charge is -2.28. The van der Waals surface area contributed by atoms with Crippen LogP contribution in [0.1, 0.15) is 129 Å². The average Bonchev–Trinajstić information content (AvgIpc) is 2.87. The van der Waals surface area contributed by atoms with Gasteiger partial charge in [0, 0.05) is 19.6 Å². The van der Waals surface area contributed by atoms with Gasteiger partial charge >= 0.3 is 0 Å². The predicted molar refractivity (Wildman–Crippen MR) is 162 cm³/mol. The highest BCUT2D eigenvalue weighted by molar-refractivity contribution is 7.45. The number of hydrogen-bond donors (Lipinski definition) is 0. The fraction of sp³-hybridized carbons (Fsp3) is 0.968. The Morgan fingerprint density at radius 1 is 0.700 bits per heavy atom. The van der Waals surface area contributed by atoms with E-state index in [-0.39, 0.29) is 25.6 Å². The summed E-state index contributed by atoms with van der Waals surface area (Å²) in [7, 11) is 1.46. The van der Waals surface area contributed by atoms with Crippen LogP contribution in [-0.4, -0.2) is 77.1 Å². The zero-order valence-corrected chi connectivity index (χ0v) is 27.7. The van der Waals surface area contributed by atoms with Crippen LogP contribution >= 0.6 is 7.82 Å². The van der Waals surface area contributed by atoms with Crippen molar-refractivity contribution in [3.63, 3.8) is 0 Å². The molecule has 40 heavy (non-hydrogen) atoms. The second-order valence-corrected chi connectivity index (χ2v) is 13.7. The lowest BCUT2D eigenvalue weighted by atomic mass is 10.0. The molecule has 0 rings (SSSR count). The Morgan fingerprint density at radius 3 is 1.68 bits per heavy atom. The average molecular weight is 594 g/mol. The molecule has 0 aromatic carbocycles. The standard InChI is InChI=1S/C31H64NO7P/c1-6-7-8-9-10-11-12-13-14-15-16-17-18-19-20-21-25-36-28-31(37-26-22-23-30(2)33)29-39-40(34,35)38-27-24-32(3,4)5/h31H,6-29H2,1-5H3/t31-/m1/s1. The molecule has 0 saturated heterocycles. The Labute approximate surface area is 247 Å². The van der Waals surface area contributed by atoms with E-state index in [1.807, 2.05) is 21.1 Å². The van der Waals surface area contributed by atoms with E-state index < -0.39 is 13.9 Å². The molecule has 0 amide bonds.